The third kappa shape index (κ3) is 9.33. The Morgan fingerprint density at radius 3 is 0.881 bits per heavy atom. The van der Waals surface area contributed by atoms with Crippen LogP contribution in [-0.4, -0.2) is 6.71 Å². The lowest BCUT2D eigenvalue weighted by atomic mass is 9.33. The number of aryl methyl sites for hydroxylation is 2. The summed E-state index contributed by atoms with van der Waals surface area (Å²) in [6.45, 7) is 23.1. The minimum absolute atomic E-state index is 0.139. The minimum Gasteiger partial charge on any atom is -0.311 e. The van der Waals surface area contributed by atoms with E-state index in [1.165, 1.54) is 83.4 Å². The van der Waals surface area contributed by atoms with Crippen LogP contribution in [-0.2, 0) is 21.7 Å². The van der Waals surface area contributed by atoms with Gasteiger partial charge in [-0.05, 0) is 148 Å². The number of hydrogen-bond donors (Lipinski definition) is 0. The molecule has 2 aliphatic rings. The molecule has 11 aromatic rings. The first-order chi connectivity index (χ1) is 40.5. The fraction of sp³-hybridized carbons (Fsp3) is 0.175. The topological polar surface area (TPSA) is 9.72 Å². The van der Waals surface area contributed by atoms with Gasteiger partial charge in [-0.2, -0.15) is 0 Å². The highest BCUT2D eigenvalue weighted by molar-refractivity contribution is 7.00. The average molecular weight is 1090 g/mol. The summed E-state index contributed by atoms with van der Waals surface area (Å²) >= 11 is 0. The van der Waals surface area contributed by atoms with Crippen LogP contribution < -0.4 is 31.1 Å². The van der Waals surface area contributed by atoms with Crippen molar-refractivity contribution in [1.82, 2.24) is 0 Å². The Hall–Kier alpha value is -9.12. The molecular formula is C80H74BN3. The van der Waals surface area contributed by atoms with Crippen LogP contribution in [0.15, 0.2) is 267 Å². The van der Waals surface area contributed by atoms with Gasteiger partial charge in [0.15, 0.2) is 0 Å². The van der Waals surface area contributed by atoms with Crippen molar-refractivity contribution in [2.75, 3.05) is 14.7 Å². The van der Waals surface area contributed by atoms with Crippen LogP contribution in [0, 0.1) is 13.8 Å². The summed E-state index contributed by atoms with van der Waals surface area (Å²) in [6.07, 6.45) is 0. The molecule has 0 unspecified atom stereocenters. The van der Waals surface area contributed by atoms with Gasteiger partial charge >= 0.3 is 0 Å². The SMILES string of the molecule is Cc1ccc(N(c2ccc(C)cc2)c2cc3c4c(c2)N(c2ccc(C(C)(C)c5ccccc5)cc2)c2ccc(C(C)(C)c5ccccc5)cc2B4c2cc(C(C)(C)c4ccccc4)ccc2N3c2ccc(C(C)(C)c3ccccc3)cc2)cc1. The van der Waals surface area contributed by atoms with Gasteiger partial charge in [0.2, 0.25) is 0 Å². The summed E-state index contributed by atoms with van der Waals surface area (Å²) in [5.74, 6) is 0. The molecule has 0 N–H and O–H groups in total. The first kappa shape index (κ1) is 54.2. The smallest absolute Gasteiger partial charge is 0.252 e. The van der Waals surface area contributed by atoms with Crippen LogP contribution in [0.3, 0.4) is 0 Å². The largest absolute Gasteiger partial charge is 0.311 e. The van der Waals surface area contributed by atoms with Crippen LogP contribution >= 0.6 is 0 Å². The fourth-order valence-corrected chi connectivity index (χ4v) is 13.4. The number of fused-ring (bicyclic) bond motifs is 4. The van der Waals surface area contributed by atoms with Crippen molar-refractivity contribution in [2.24, 2.45) is 0 Å². The van der Waals surface area contributed by atoms with E-state index in [0.29, 0.717) is 0 Å². The molecule has 412 valence electrons. The summed E-state index contributed by atoms with van der Waals surface area (Å²) in [6, 6.07) is 101. The Morgan fingerprint density at radius 2 is 0.560 bits per heavy atom. The molecule has 0 spiro atoms. The Labute approximate surface area is 499 Å². The van der Waals surface area contributed by atoms with Gasteiger partial charge in [0, 0.05) is 67.2 Å². The molecule has 3 nitrogen and oxygen atoms in total. The van der Waals surface area contributed by atoms with Crippen molar-refractivity contribution in [3.63, 3.8) is 0 Å². The second kappa shape index (κ2) is 20.9. The number of benzene rings is 11. The lowest BCUT2D eigenvalue weighted by Crippen LogP contribution is -2.61. The molecule has 0 bridgehead atoms. The van der Waals surface area contributed by atoms with Gasteiger partial charge in [0.1, 0.15) is 0 Å². The fourth-order valence-electron chi connectivity index (χ4n) is 13.4. The van der Waals surface area contributed by atoms with Crippen molar-refractivity contribution >= 4 is 74.3 Å². The average Bonchev–Trinajstić information content (AvgIpc) is 2.36. The Bertz CT molecular complexity index is 3900. The van der Waals surface area contributed by atoms with Crippen LogP contribution in [0.1, 0.15) is 111 Å². The Balaban J connectivity index is 1.12. The van der Waals surface area contributed by atoms with Crippen molar-refractivity contribution in [1.29, 1.82) is 0 Å². The van der Waals surface area contributed by atoms with E-state index < -0.39 is 0 Å². The van der Waals surface area contributed by atoms with Crippen molar-refractivity contribution in [2.45, 2.75) is 90.9 Å². The van der Waals surface area contributed by atoms with Crippen LogP contribution in [0.2, 0.25) is 0 Å². The van der Waals surface area contributed by atoms with Gasteiger partial charge in [-0.3, -0.25) is 0 Å². The van der Waals surface area contributed by atoms with Gasteiger partial charge in [0.05, 0.1) is 5.69 Å². The zero-order chi connectivity index (χ0) is 58.1. The maximum Gasteiger partial charge on any atom is 0.252 e. The number of anilines is 9. The highest BCUT2D eigenvalue weighted by Crippen LogP contribution is 2.50. The summed E-state index contributed by atoms with van der Waals surface area (Å²) in [5.41, 5.74) is 25.6. The summed E-state index contributed by atoms with van der Waals surface area (Å²) in [5, 5.41) is 0. The summed E-state index contributed by atoms with van der Waals surface area (Å²) in [7, 11) is 0. The van der Waals surface area contributed by atoms with Gasteiger partial charge < -0.3 is 14.7 Å². The van der Waals surface area contributed by atoms with Crippen molar-refractivity contribution in [3.05, 3.63) is 323 Å². The van der Waals surface area contributed by atoms with E-state index in [-0.39, 0.29) is 28.4 Å². The predicted octanol–water partition coefficient (Wildman–Crippen LogP) is 19.2. The molecule has 2 aliphatic heterocycles. The summed E-state index contributed by atoms with van der Waals surface area (Å²) in [4.78, 5) is 7.63. The third-order valence-electron chi connectivity index (χ3n) is 19.0. The Morgan fingerprint density at radius 1 is 0.274 bits per heavy atom. The van der Waals surface area contributed by atoms with Gasteiger partial charge in [0.25, 0.3) is 6.71 Å². The Kier molecular flexibility index (Phi) is 13.5. The molecule has 2 heterocycles. The van der Waals surface area contributed by atoms with E-state index in [1.54, 1.807) is 0 Å². The first-order valence-electron chi connectivity index (χ1n) is 29.9. The minimum atomic E-state index is -0.294. The molecule has 0 saturated carbocycles. The van der Waals surface area contributed by atoms with E-state index in [1.807, 2.05) is 0 Å². The number of hydrogen-bond acceptors (Lipinski definition) is 3. The highest BCUT2D eigenvalue weighted by atomic mass is 15.2. The molecule has 0 saturated heterocycles. The molecule has 0 radical (unpaired) electrons. The molecular weight excluding hydrogens is 1010 g/mol. The molecule has 0 fully saturated rings. The van der Waals surface area contributed by atoms with Gasteiger partial charge in [-0.1, -0.05) is 261 Å². The van der Waals surface area contributed by atoms with Gasteiger partial charge in [-0.25, -0.2) is 0 Å². The molecule has 11 aromatic carbocycles. The summed E-state index contributed by atoms with van der Waals surface area (Å²) < 4.78 is 0. The van der Waals surface area contributed by atoms with Crippen LogP contribution in [0.25, 0.3) is 0 Å². The van der Waals surface area contributed by atoms with E-state index in [9.17, 15) is 0 Å². The first-order valence-corrected chi connectivity index (χ1v) is 29.9. The van der Waals surface area contributed by atoms with E-state index >= 15 is 0 Å². The maximum atomic E-state index is 2.58. The molecule has 84 heavy (non-hydrogen) atoms. The van der Waals surface area contributed by atoms with Gasteiger partial charge in [-0.15, -0.1) is 0 Å². The maximum absolute atomic E-state index is 2.58. The second-order valence-corrected chi connectivity index (χ2v) is 25.6. The lowest BCUT2D eigenvalue weighted by molar-refractivity contribution is 0.641. The number of nitrogens with zero attached hydrogens (tertiary/aromatic N) is 3. The quantitative estimate of drug-likeness (QED) is 0.107. The highest BCUT2D eigenvalue weighted by Gasteiger charge is 2.46. The normalized spacial score (nSPS) is 13.0. The molecule has 0 atom stereocenters. The van der Waals surface area contributed by atoms with Crippen LogP contribution in [0.4, 0.5) is 51.2 Å². The standard InChI is InChI=1S/C80H74BN3/c1-55-31-41-65(42-32-55)82(66-43-33-56(2)34-44-66)69-53-74-76-75(54-69)84(68-47-37-62(38-48-68)78(5,6)58-25-17-12-18-26-58)73-50-40-64(80(9,10)60-29-21-14-22-30-60)52-71(73)81(76)70-51-63(79(7,8)59-27-19-13-20-28-59)39-49-72(70)83(74)67-45-35-61(36-46-67)77(3,4)57-23-15-11-16-24-57/h11-54H,1-10H3. The monoisotopic (exact) mass is 1090 g/mol. The second-order valence-electron chi connectivity index (χ2n) is 25.6. The predicted molar refractivity (Wildman–Crippen MR) is 359 cm³/mol. The van der Waals surface area contributed by atoms with Crippen LogP contribution in [0.5, 0.6) is 0 Å². The molecule has 0 amide bonds. The third-order valence-corrected chi connectivity index (χ3v) is 19.0. The molecule has 13 rings (SSSR count). The number of rotatable bonds is 13. The molecule has 0 aliphatic carbocycles. The molecule has 4 heteroatoms. The molecule has 0 aromatic heterocycles. The van der Waals surface area contributed by atoms with E-state index in [2.05, 4.69) is 351 Å². The zero-order valence-corrected chi connectivity index (χ0v) is 50.3. The van der Waals surface area contributed by atoms with E-state index in [0.717, 1.165) is 39.8 Å². The lowest BCUT2D eigenvalue weighted by Gasteiger charge is -2.46. The van der Waals surface area contributed by atoms with Crippen molar-refractivity contribution < 1.29 is 0 Å². The van der Waals surface area contributed by atoms with E-state index in [4.69, 9.17) is 0 Å². The van der Waals surface area contributed by atoms with Crippen molar-refractivity contribution in [3.8, 4) is 0 Å². The zero-order valence-electron chi connectivity index (χ0n) is 50.3.